The van der Waals surface area contributed by atoms with E-state index in [1.54, 1.807) is 24.3 Å². The largest absolute Gasteiger partial charge is 0.481 e. The number of carboxylic acid groups (broad SMARTS) is 1. The molecule has 3 N–H and O–H groups in total. The molecule has 0 radical (unpaired) electrons. The topological polar surface area (TPSA) is 98.7 Å². The fraction of sp³-hybridized carbons (Fsp3) is 0.286. The zero-order valence-electron chi connectivity index (χ0n) is 15.6. The predicted octanol–water partition coefficient (Wildman–Crippen LogP) is 2.86. The van der Waals surface area contributed by atoms with Gasteiger partial charge in [-0.1, -0.05) is 29.8 Å². The van der Waals surface area contributed by atoms with E-state index in [0.29, 0.717) is 30.8 Å². The fourth-order valence-electron chi connectivity index (χ4n) is 3.10. The van der Waals surface area contributed by atoms with E-state index < -0.39 is 11.9 Å². The van der Waals surface area contributed by atoms with Gasteiger partial charge in [0.15, 0.2) is 0 Å². The zero-order valence-corrected chi connectivity index (χ0v) is 15.6. The van der Waals surface area contributed by atoms with Crippen LogP contribution in [0.25, 0.3) is 0 Å². The van der Waals surface area contributed by atoms with E-state index in [2.05, 4.69) is 10.6 Å². The molecule has 1 heterocycles. The highest BCUT2D eigenvalue weighted by Crippen LogP contribution is 2.17. The number of urea groups is 1. The SMILES string of the molecule is Cc1ccc(C(=O)Nc2cccc(CNC(=O)N3CCC(C(=O)O)C3)c2)cc1. The van der Waals surface area contributed by atoms with Crippen LogP contribution < -0.4 is 10.6 Å². The first-order valence-corrected chi connectivity index (χ1v) is 9.15. The predicted molar refractivity (Wildman–Crippen MR) is 105 cm³/mol. The molecule has 3 amide bonds. The van der Waals surface area contributed by atoms with Crippen molar-refractivity contribution >= 4 is 23.6 Å². The highest BCUT2D eigenvalue weighted by atomic mass is 16.4. The molecule has 2 aromatic rings. The van der Waals surface area contributed by atoms with Crippen LogP contribution in [0.15, 0.2) is 48.5 Å². The molecule has 0 saturated carbocycles. The Balaban J connectivity index is 1.55. The van der Waals surface area contributed by atoms with Crippen molar-refractivity contribution in [2.45, 2.75) is 19.9 Å². The molecule has 0 spiro atoms. The van der Waals surface area contributed by atoms with E-state index in [9.17, 15) is 14.4 Å². The third kappa shape index (κ3) is 4.88. The van der Waals surface area contributed by atoms with Gasteiger partial charge in [-0.05, 0) is 43.2 Å². The summed E-state index contributed by atoms with van der Waals surface area (Å²) in [6, 6.07) is 14.3. The van der Waals surface area contributed by atoms with Crippen LogP contribution in [0.1, 0.15) is 27.9 Å². The second kappa shape index (κ2) is 8.56. The van der Waals surface area contributed by atoms with Crippen LogP contribution >= 0.6 is 0 Å². The number of nitrogens with zero attached hydrogens (tertiary/aromatic N) is 1. The zero-order chi connectivity index (χ0) is 20.1. The summed E-state index contributed by atoms with van der Waals surface area (Å²) in [5.41, 5.74) is 3.14. The minimum atomic E-state index is -0.868. The number of hydrogen-bond acceptors (Lipinski definition) is 3. The molecule has 2 aromatic carbocycles. The van der Waals surface area contributed by atoms with Crippen LogP contribution in [0.5, 0.6) is 0 Å². The Labute approximate surface area is 163 Å². The Kier molecular flexibility index (Phi) is 5.93. The minimum absolute atomic E-state index is 0.196. The summed E-state index contributed by atoms with van der Waals surface area (Å²) in [5.74, 6) is -1.56. The Morgan fingerprint density at radius 2 is 1.89 bits per heavy atom. The molecule has 1 saturated heterocycles. The molecular formula is C21H23N3O4. The third-order valence-electron chi connectivity index (χ3n) is 4.77. The number of benzene rings is 2. The summed E-state index contributed by atoms with van der Waals surface area (Å²) in [4.78, 5) is 37.1. The van der Waals surface area contributed by atoms with E-state index in [-0.39, 0.29) is 18.5 Å². The van der Waals surface area contributed by atoms with Crippen LogP contribution in [0.4, 0.5) is 10.5 Å². The van der Waals surface area contributed by atoms with E-state index in [4.69, 9.17) is 5.11 Å². The number of likely N-dealkylation sites (tertiary alicyclic amines) is 1. The quantitative estimate of drug-likeness (QED) is 0.742. The molecule has 0 bridgehead atoms. The minimum Gasteiger partial charge on any atom is -0.481 e. The highest BCUT2D eigenvalue weighted by molar-refractivity contribution is 6.04. The van der Waals surface area contributed by atoms with Crippen molar-refractivity contribution in [3.05, 3.63) is 65.2 Å². The van der Waals surface area contributed by atoms with Gasteiger partial charge in [-0.25, -0.2) is 4.79 Å². The lowest BCUT2D eigenvalue weighted by Gasteiger charge is -2.17. The second-order valence-corrected chi connectivity index (χ2v) is 6.95. The van der Waals surface area contributed by atoms with Crippen molar-refractivity contribution < 1.29 is 19.5 Å². The summed E-state index contributed by atoms with van der Waals surface area (Å²) in [5, 5.41) is 14.7. The summed E-state index contributed by atoms with van der Waals surface area (Å²) in [7, 11) is 0. The van der Waals surface area contributed by atoms with Crippen molar-refractivity contribution in [2.75, 3.05) is 18.4 Å². The molecule has 7 heteroatoms. The number of carboxylic acids is 1. The number of aliphatic carboxylic acids is 1. The van der Waals surface area contributed by atoms with E-state index in [1.165, 1.54) is 4.90 Å². The summed E-state index contributed by atoms with van der Waals surface area (Å²) in [6.45, 7) is 2.92. The lowest BCUT2D eigenvalue weighted by molar-refractivity contribution is -0.141. The monoisotopic (exact) mass is 381 g/mol. The standard InChI is InChI=1S/C21H23N3O4/c1-14-5-7-16(8-6-14)19(25)23-18-4-2-3-15(11-18)12-22-21(28)24-10-9-17(13-24)20(26)27/h2-8,11,17H,9-10,12-13H2,1H3,(H,22,28)(H,23,25)(H,26,27). The highest BCUT2D eigenvalue weighted by Gasteiger charge is 2.30. The molecule has 1 aliphatic heterocycles. The molecule has 146 valence electrons. The van der Waals surface area contributed by atoms with Gasteiger partial charge in [-0.15, -0.1) is 0 Å². The maximum Gasteiger partial charge on any atom is 0.317 e. The molecule has 7 nitrogen and oxygen atoms in total. The number of aryl methyl sites for hydroxylation is 1. The number of carbonyl (C=O) groups is 3. The Morgan fingerprint density at radius 3 is 2.57 bits per heavy atom. The van der Waals surface area contributed by atoms with E-state index in [1.807, 2.05) is 31.2 Å². The number of carbonyl (C=O) groups excluding carboxylic acids is 2. The van der Waals surface area contributed by atoms with Crippen LogP contribution in [-0.4, -0.2) is 41.0 Å². The molecule has 1 atom stereocenters. The molecule has 1 unspecified atom stereocenters. The number of amides is 3. The molecular weight excluding hydrogens is 358 g/mol. The summed E-state index contributed by atoms with van der Waals surface area (Å²) >= 11 is 0. The molecule has 1 fully saturated rings. The van der Waals surface area contributed by atoms with Gasteiger partial charge in [0.25, 0.3) is 5.91 Å². The second-order valence-electron chi connectivity index (χ2n) is 6.95. The number of rotatable bonds is 5. The number of nitrogens with one attached hydrogen (secondary N) is 2. The van der Waals surface area contributed by atoms with Gasteiger partial charge in [-0.3, -0.25) is 9.59 Å². The average Bonchev–Trinajstić information content (AvgIpc) is 3.17. The van der Waals surface area contributed by atoms with Crippen molar-refractivity contribution in [1.29, 1.82) is 0 Å². The number of anilines is 1. The lowest BCUT2D eigenvalue weighted by atomic mass is 10.1. The van der Waals surface area contributed by atoms with Gasteiger partial charge < -0.3 is 20.6 Å². The van der Waals surface area contributed by atoms with Crippen LogP contribution in [-0.2, 0) is 11.3 Å². The Bertz CT molecular complexity index is 879. The lowest BCUT2D eigenvalue weighted by Crippen LogP contribution is -2.38. The molecule has 1 aliphatic rings. The average molecular weight is 381 g/mol. The van der Waals surface area contributed by atoms with Gasteiger partial charge in [0.1, 0.15) is 0 Å². The molecule has 28 heavy (non-hydrogen) atoms. The van der Waals surface area contributed by atoms with Gasteiger partial charge in [0.2, 0.25) is 0 Å². The van der Waals surface area contributed by atoms with Crippen LogP contribution in [0, 0.1) is 12.8 Å². The van der Waals surface area contributed by atoms with Crippen molar-refractivity contribution in [3.8, 4) is 0 Å². The van der Waals surface area contributed by atoms with E-state index >= 15 is 0 Å². The Morgan fingerprint density at radius 1 is 1.14 bits per heavy atom. The van der Waals surface area contributed by atoms with Gasteiger partial charge >= 0.3 is 12.0 Å². The first-order chi connectivity index (χ1) is 13.4. The van der Waals surface area contributed by atoms with Gasteiger partial charge in [0, 0.05) is 30.9 Å². The number of hydrogen-bond donors (Lipinski definition) is 3. The molecule has 3 rings (SSSR count). The van der Waals surface area contributed by atoms with Crippen molar-refractivity contribution in [3.63, 3.8) is 0 Å². The van der Waals surface area contributed by atoms with E-state index in [0.717, 1.165) is 11.1 Å². The Hall–Kier alpha value is -3.35. The molecule has 0 aliphatic carbocycles. The van der Waals surface area contributed by atoms with Crippen molar-refractivity contribution in [2.24, 2.45) is 5.92 Å². The smallest absolute Gasteiger partial charge is 0.317 e. The summed E-state index contributed by atoms with van der Waals surface area (Å²) in [6.07, 6.45) is 0.475. The fourth-order valence-corrected chi connectivity index (χ4v) is 3.10. The van der Waals surface area contributed by atoms with Crippen LogP contribution in [0.2, 0.25) is 0 Å². The summed E-state index contributed by atoms with van der Waals surface area (Å²) < 4.78 is 0. The normalized spacial score (nSPS) is 15.9. The maximum atomic E-state index is 12.3. The van der Waals surface area contributed by atoms with Crippen LogP contribution in [0.3, 0.4) is 0 Å². The molecule has 0 aromatic heterocycles. The van der Waals surface area contributed by atoms with Gasteiger partial charge in [-0.2, -0.15) is 0 Å². The van der Waals surface area contributed by atoms with Gasteiger partial charge in [0.05, 0.1) is 5.92 Å². The maximum absolute atomic E-state index is 12.3. The van der Waals surface area contributed by atoms with Crippen molar-refractivity contribution in [1.82, 2.24) is 10.2 Å². The first kappa shape index (κ1) is 19.4. The third-order valence-corrected chi connectivity index (χ3v) is 4.77. The first-order valence-electron chi connectivity index (χ1n) is 9.15.